The number of allylic oxidation sites excluding steroid dienone is 1. The van der Waals surface area contributed by atoms with E-state index in [-0.39, 0.29) is 6.79 Å². The largest absolute Gasteiger partial charge is 0.478 e. The topological polar surface area (TPSA) is 68.7 Å². The smallest absolute Gasteiger partial charge is 0.336 e. The first-order valence-corrected chi connectivity index (χ1v) is 8.96. The standard InChI is InChI=1S/C22H17NO4/c24-22(25)20-15-5-1-2-7-17(15)23-21-14(4-3-6-16(20)21)10-13-8-9-18-19(11-13)27-12-26-18/h1-2,5,7-11H,3-4,6,12H2,(H,24,25)/b14-10-. The van der Waals surface area contributed by atoms with Gasteiger partial charge in [0.25, 0.3) is 0 Å². The average molecular weight is 359 g/mol. The van der Waals surface area contributed by atoms with Crippen LogP contribution >= 0.6 is 0 Å². The average Bonchev–Trinajstić information content (AvgIpc) is 3.14. The third-order valence-electron chi connectivity index (χ3n) is 5.12. The monoisotopic (exact) mass is 359 g/mol. The minimum Gasteiger partial charge on any atom is -0.478 e. The molecule has 3 aromatic rings. The van der Waals surface area contributed by atoms with Crippen molar-refractivity contribution in [1.29, 1.82) is 0 Å². The molecule has 0 fully saturated rings. The Morgan fingerprint density at radius 3 is 2.81 bits per heavy atom. The Balaban J connectivity index is 1.69. The number of ether oxygens (including phenoxy) is 2. The summed E-state index contributed by atoms with van der Waals surface area (Å²) in [5.41, 5.74) is 4.78. The molecule has 0 saturated heterocycles. The Labute approximate surface area is 155 Å². The second kappa shape index (κ2) is 6.13. The summed E-state index contributed by atoms with van der Waals surface area (Å²) in [5, 5.41) is 10.5. The van der Waals surface area contributed by atoms with Crippen molar-refractivity contribution in [1.82, 2.24) is 4.98 Å². The van der Waals surface area contributed by atoms with Gasteiger partial charge in [0.2, 0.25) is 6.79 Å². The van der Waals surface area contributed by atoms with E-state index in [9.17, 15) is 9.90 Å². The molecule has 0 amide bonds. The van der Waals surface area contributed by atoms with Crippen LogP contribution in [0, 0.1) is 0 Å². The van der Waals surface area contributed by atoms with Crippen molar-refractivity contribution in [2.75, 3.05) is 6.79 Å². The number of carbonyl (C=O) groups is 1. The summed E-state index contributed by atoms with van der Waals surface area (Å²) in [4.78, 5) is 16.8. The number of pyridine rings is 1. The van der Waals surface area contributed by atoms with E-state index >= 15 is 0 Å². The van der Waals surface area contributed by atoms with Crippen LogP contribution in [0.25, 0.3) is 22.6 Å². The van der Waals surface area contributed by atoms with Crippen LogP contribution < -0.4 is 9.47 Å². The van der Waals surface area contributed by atoms with E-state index in [0.717, 1.165) is 53.2 Å². The molecule has 2 aromatic carbocycles. The number of rotatable bonds is 2. The lowest BCUT2D eigenvalue weighted by Gasteiger charge is -2.21. The maximum atomic E-state index is 12.0. The fourth-order valence-electron chi connectivity index (χ4n) is 3.92. The van der Waals surface area contributed by atoms with Gasteiger partial charge in [-0.1, -0.05) is 24.3 Å². The number of aromatic carboxylic acids is 1. The molecule has 0 bridgehead atoms. The van der Waals surface area contributed by atoms with E-state index < -0.39 is 5.97 Å². The minimum atomic E-state index is -0.894. The van der Waals surface area contributed by atoms with Crippen molar-refractivity contribution in [2.24, 2.45) is 0 Å². The van der Waals surface area contributed by atoms with Crippen molar-refractivity contribution >= 4 is 28.5 Å². The number of carboxylic acids is 1. The second-order valence-corrected chi connectivity index (χ2v) is 6.77. The number of benzene rings is 2. The molecule has 0 spiro atoms. The summed E-state index contributed by atoms with van der Waals surface area (Å²) >= 11 is 0. The zero-order valence-electron chi connectivity index (χ0n) is 14.6. The number of hydrogen-bond acceptors (Lipinski definition) is 4. The number of carboxylic acid groups (broad SMARTS) is 1. The molecule has 5 nitrogen and oxygen atoms in total. The molecule has 2 aliphatic rings. The Kier molecular flexibility index (Phi) is 3.60. The molecule has 27 heavy (non-hydrogen) atoms. The summed E-state index contributed by atoms with van der Waals surface area (Å²) in [6.07, 6.45) is 4.58. The first-order valence-electron chi connectivity index (χ1n) is 8.96. The van der Waals surface area contributed by atoms with Crippen LogP contribution in [0.4, 0.5) is 0 Å². The minimum absolute atomic E-state index is 0.244. The molecule has 5 heteroatoms. The fourth-order valence-corrected chi connectivity index (χ4v) is 3.92. The zero-order valence-corrected chi connectivity index (χ0v) is 14.6. The highest BCUT2D eigenvalue weighted by Crippen LogP contribution is 2.38. The molecular weight excluding hydrogens is 342 g/mol. The molecule has 1 aliphatic carbocycles. The van der Waals surface area contributed by atoms with Gasteiger partial charge in [-0.05, 0) is 60.2 Å². The summed E-state index contributed by atoms with van der Waals surface area (Å²) in [7, 11) is 0. The lowest BCUT2D eigenvalue weighted by atomic mass is 9.86. The van der Waals surface area contributed by atoms with Crippen LogP contribution in [0.5, 0.6) is 11.5 Å². The normalized spacial score (nSPS) is 16.5. The van der Waals surface area contributed by atoms with Crippen LogP contribution in [-0.4, -0.2) is 22.9 Å². The fraction of sp³-hybridized carbons (Fsp3) is 0.182. The molecule has 0 saturated carbocycles. The lowest BCUT2D eigenvalue weighted by Crippen LogP contribution is -2.13. The van der Waals surface area contributed by atoms with E-state index in [1.165, 1.54) is 0 Å². The molecule has 0 atom stereocenters. The summed E-state index contributed by atoms with van der Waals surface area (Å²) in [6.45, 7) is 0.244. The van der Waals surface area contributed by atoms with Crippen molar-refractivity contribution in [2.45, 2.75) is 19.3 Å². The number of hydrogen-bond donors (Lipinski definition) is 1. The van der Waals surface area contributed by atoms with Gasteiger partial charge in [-0.3, -0.25) is 0 Å². The van der Waals surface area contributed by atoms with Crippen molar-refractivity contribution in [3.8, 4) is 11.5 Å². The summed E-state index contributed by atoms with van der Waals surface area (Å²) in [5.74, 6) is 0.589. The maximum Gasteiger partial charge on any atom is 0.336 e. The predicted octanol–water partition coefficient (Wildman–Crippen LogP) is 4.54. The highest BCUT2D eigenvalue weighted by molar-refractivity contribution is 6.05. The van der Waals surface area contributed by atoms with Crippen molar-refractivity contribution < 1.29 is 19.4 Å². The van der Waals surface area contributed by atoms with Crippen LogP contribution in [-0.2, 0) is 6.42 Å². The molecule has 1 N–H and O–H groups in total. The van der Waals surface area contributed by atoms with Crippen LogP contribution in [0.2, 0.25) is 0 Å². The lowest BCUT2D eigenvalue weighted by molar-refractivity contribution is 0.0697. The number of nitrogens with zero attached hydrogens (tertiary/aromatic N) is 1. The molecule has 0 unspecified atom stereocenters. The van der Waals surface area contributed by atoms with Crippen molar-refractivity contribution in [3.05, 3.63) is 64.8 Å². The first kappa shape index (κ1) is 15.9. The molecule has 1 aliphatic heterocycles. The van der Waals surface area contributed by atoms with E-state index in [1.807, 2.05) is 42.5 Å². The maximum absolute atomic E-state index is 12.0. The van der Waals surface area contributed by atoms with E-state index in [4.69, 9.17) is 14.5 Å². The van der Waals surface area contributed by atoms with Gasteiger partial charge in [-0.2, -0.15) is 0 Å². The Bertz CT molecular complexity index is 1120. The van der Waals surface area contributed by atoms with Gasteiger partial charge >= 0.3 is 5.97 Å². The number of para-hydroxylation sites is 1. The second-order valence-electron chi connectivity index (χ2n) is 6.77. The van der Waals surface area contributed by atoms with Gasteiger partial charge in [-0.25, -0.2) is 9.78 Å². The Hall–Kier alpha value is -3.34. The van der Waals surface area contributed by atoms with E-state index in [0.29, 0.717) is 16.5 Å². The van der Waals surface area contributed by atoms with Gasteiger partial charge in [0.15, 0.2) is 11.5 Å². The van der Waals surface area contributed by atoms with Crippen LogP contribution in [0.1, 0.15) is 40.0 Å². The zero-order chi connectivity index (χ0) is 18.4. The quantitative estimate of drug-likeness (QED) is 0.727. The molecule has 5 rings (SSSR count). The van der Waals surface area contributed by atoms with Gasteiger partial charge in [0.05, 0.1) is 16.8 Å². The Morgan fingerprint density at radius 2 is 1.93 bits per heavy atom. The van der Waals surface area contributed by atoms with E-state index in [1.54, 1.807) is 0 Å². The Morgan fingerprint density at radius 1 is 1.07 bits per heavy atom. The SMILES string of the molecule is O=C(O)c1c2c(nc3ccccc13)/C(=C\c1ccc3c(c1)OCO3)CCC2. The van der Waals surface area contributed by atoms with Crippen LogP contribution in [0.15, 0.2) is 42.5 Å². The number of aromatic nitrogens is 1. The van der Waals surface area contributed by atoms with Crippen molar-refractivity contribution in [3.63, 3.8) is 0 Å². The highest BCUT2D eigenvalue weighted by Gasteiger charge is 2.25. The third-order valence-corrected chi connectivity index (χ3v) is 5.12. The molecule has 1 aromatic heterocycles. The van der Waals surface area contributed by atoms with Crippen LogP contribution in [0.3, 0.4) is 0 Å². The van der Waals surface area contributed by atoms with E-state index in [2.05, 4.69) is 6.08 Å². The molecule has 0 radical (unpaired) electrons. The third kappa shape index (κ3) is 2.63. The molecule has 2 heterocycles. The predicted molar refractivity (Wildman–Crippen MR) is 102 cm³/mol. The van der Waals surface area contributed by atoms with Gasteiger partial charge in [-0.15, -0.1) is 0 Å². The summed E-state index contributed by atoms with van der Waals surface area (Å²) < 4.78 is 10.8. The first-order chi connectivity index (χ1) is 13.2. The van der Waals surface area contributed by atoms with Gasteiger partial charge in [0, 0.05) is 5.39 Å². The summed E-state index contributed by atoms with van der Waals surface area (Å²) in [6, 6.07) is 13.3. The molecular formula is C22H17NO4. The highest BCUT2D eigenvalue weighted by atomic mass is 16.7. The number of fused-ring (bicyclic) bond motifs is 3. The van der Waals surface area contributed by atoms with Gasteiger partial charge in [0.1, 0.15) is 0 Å². The van der Waals surface area contributed by atoms with Gasteiger partial charge < -0.3 is 14.6 Å². The molecule has 134 valence electrons.